The maximum Gasteiger partial charge on any atom is 0.257 e. The molecule has 0 bridgehead atoms. The number of carbonyl (C=O) groups is 1. The lowest BCUT2D eigenvalue weighted by Gasteiger charge is -2.32. The fourth-order valence-corrected chi connectivity index (χ4v) is 5.14. The summed E-state index contributed by atoms with van der Waals surface area (Å²) in [5.74, 6) is -0.835. The molecule has 1 aliphatic carbocycles. The van der Waals surface area contributed by atoms with Gasteiger partial charge in [-0.05, 0) is 42.2 Å². The Labute approximate surface area is 187 Å². The second-order valence-corrected chi connectivity index (χ2v) is 8.76. The molecule has 0 amide bonds. The Morgan fingerprint density at radius 2 is 1.91 bits per heavy atom. The zero-order valence-electron chi connectivity index (χ0n) is 17.0. The number of Topliss-reactive ketones (excluding diaryl/α,β-unsaturated/α-hetero) is 1. The Hall–Kier alpha value is -3.26. The van der Waals surface area contributed by atoms with Crippen LogP contribution in [0.2, 0.25) is 0 Å². The summed E-state index contributed by atoms with van der Waals surface area (Å²) in [4.78, 5) is 33.3. The van der Waals surface area contributed by atoms with Crippen LogP contribution in [-0.2, 0) is 10.5 Å². The average molecular weight is 451 g/mol. The molecular formula is C24H19F2N3O2S. The summed E-state index contributed by atoms with van der Waals surface area (Å²) in [6, 6.07) is 12.4. The number of nitrogens with zero attached hydrogens (tertiary/aromatic N) is 1. The van der Waals surface area contributed by atoms with Crippen molar-refractivity contribution in [3.63, 3.8) is 0 Å². The van der Waals surface area contributed by atoms with Crippen molar-refractivity contribution in [1.82, 2.24) is 9.97 Å². The van der Waals surface area contributed by atoms with Crippen molar-refractivity contribution < 1.29 is 13.6 Å². The summed E-state index contributed by atoms with van der Waals surface area (Å²) in [5, 5.41) is 3.52. The first-order valence-electron chi connectivity index (χ1n) is 10.3. The van der Waals surface area contributed by atoms with Crippen LogP contribution in [0.1, 0.15) is 41.9 Å². The van der Waals surface area contributed by atoms with Crippen LogP contribution in [-0.4, -0.2) is 15.8 Å². The quantitative estimate of drug-likeness (QED) is 0.436. The number of allylic oxidation sites excluding steroid dienone is 2. The first-order chi connectivity index (χ1) is 15.5. The number of aromatic amines is 1. The Balaban J connectivity index is 1.57. The fourth-order valence-electron chi connectivity index (χ4n) is 4.29. The number of aromatic nitrogens is 2. The molecule has 162 valence electrons. The molecule has 2 heterocycles. The molecule has 2 aliphatic rings. The first kappa shape index (κ1) is 20.6. The summed E-state index contributed by atoms with van der Waals surface area (Å²) in [5.41, 5.74) is 2.16. The van der Waals surface area contributed by atoms with Crippen LogP contribution in [0.5, 0.6) is 0 Å². The lowest BCUT2D eigenvalue weighted by atomic mass is 9.76. The van der Waals surface area contributed by atoms with Gasteiger partial charge in [0.25, 0.3) is 5.56 Å². The van der Waals surface area contributed by atoms with Crippen molar-refractivity contribution in [2.45, 2.75) is 36.1 Å². The van der Waals surface area contributed by atoms with Crippen LogP contribution in [0.4, 0.5) is 14.6 Å². The van der Waals surface area contributed by atoms with Crippen molar-refractivity contribution in [2.24, 2.45) is 0 Å². The monoisotopic (exact) mass is 451 g/mol. The van der Waals surface area contributed by atoms with Gasteiger partial charge in [-0.1, -0.05) is 42.1 Å². The number of thioether (sulfide) groups is 1. The van der Waals surface area contributed by atoms with Gasteiger partial charge in [-0.15, -0.1) is 0 Å². The molecule has 8 heteroatoms. The van der Waals surface area contributed by atoms with E-state index >= 15 is 0 Å². The minimum Gasteiger partial charge on any atom is -0.343 e. The molecule has 0 spiro atoms. The summed E-state index contributed by atoms with van der Waals surface area (Å²) >= 11 is 1.21. The summed E-state index contributed by atoms with van der Waals surface area (Å²) < 4.78 is 28.0. The van der Waals surface area contributed by atoms with Gasteiger partial charge in [0.05, 0.1) is 5.56 Å². The minimum absolute atomic E-state index is 0.0453. The molecule has 5 nitrogen and oxygen atoms in total. The summed E-state index contributed by atoms with van der Waals surface area (Å²) in [6.07, 6.45) is 1.75. The van der Waals surface area contributed by atoms with E-state index < -0.39 is 17.3 Å². The molecule has 0 saturated heterocycles. The van der Waals surface area contributed by atoms with Gasteiger partial charge in [-0.2, -0.15) is 0 Å². The van der Waals surface area contributed by atoms with E-state index in [-0.39, 0.29) is 11.6 Å². The number of halogens is 2. The normalized spacial score (nSPS) is 17.6. The predicted octanol–water partition coefficient (Wildman–Crippen LogP) is 4.90. The van der Waals surface area contributed by atoms with Gasteiger partial charge < -0.3 is 10.3 Å². The number of rotatable bonds is 4. The molecule has 32 heavy (non-hydrogen) atoms. The van der Waals surface area contributed by atoms with Gasteiger partial charge in [-0.3, -0.25) is 9.59 Å². The van der Waals surface area contributed by atoms with Gasteiger partial charge in [-0.25, -0.2) is 13.8 Å². The number of anilines is 1. The van der Waals surface area contributed by atoms with E-state index in [1.54, 1.807) is 30.3 Å². The van der Waals surface area contributed by atoms with Gasteiger partial charge in [0.2, 0.25) is 0 Å². The van der Waals surface area contributed by atoms with Crippen LogP contribution in [0, 0.1) is 11.6 Å². The van der Waals surface area contributed by atoms with Gasteiger partial charge in [0, 0.05) is 29.4 Å². The second kappa shape index (κ2) is 8.35. The first-order valence-corrected chi connectivity index (χ1v) is 11.3. The fraction of sp³-hybridized carbons (Fsp3) is 0.208. The van der Waals surface area contributed by atoms with Crippen LogP contribution in [0.15, 0.2) is 69.8 Å². The van der Waals surface area contributed by atoms with E-state index in [1.807, 2.05) is 0 Å². The zero-order chi connectivity index (χ0) is 22.2. The standard InChI is InChI=1S/C24H19F2N3O2S/c25-15-7-3-6-13(11-15)19-20-17(9-4-10-18(20)30)27-22-21(19)23(31)29-24(28-22)32-12-14-5-1-2-8-16(14)26/h1-3,5-8,11,19H,4,9-10,12H2,(H2,27,28,29,31). The van der Waals surface area contributed by atoms with E-state index in [1.165, 1.54) is 30.0 Å². The molecule has 0 radical (unpaired) electrons. The highest BCUT2D eigenvalue weighted by Gasteiger charge is 2.38. The topological polar surface area (TPSA) is 74.8 Å². The van der Waals surface area contributed by atoms with E-state index in [4.69, 9.17) is 0 Å². The number of H-pyrrole nitrogens is 1. The lowest BCUT2D eigenvalue weighted by molar-refractivity contribution is -0.116. The van der Waals surface area contributed by atoms with Crippen LogP contribution in [0.3, 0.4) is 0 Å². The molecule has 0 saturated carbocycles. The van der Waals surface area contributed by atoms with E-state index in [0.717, 1.165) is 5.70 Å². The second-order valence-electron chi connectivity index (χ2n) is 7.80. The zero-order valence-corrected chi connectivity index (χ0v) is 17.8. The Bertz CT molecular complexity index is 1320. The molecule has 1 aromatic heterocycles. The smallest absolute Gasteiger partial charge is 0.257 e. The van der Waals surface area contributed by atoms with Crippen LogP contribution in [0.25, 0.3) is 0 Å². The minimum atomic E-state index is -0.688. The maximum atomic E-state index is 14.0. The number of hydrogen-bond donors (Lipinski definition) is 2. The number of carbonyl (C=O) groups excluding carboxylic acids is 1. The van der Waals surface area contributed by atoms with Gasteiger partial charge >= 0.3 is 0 Å². The van der Waals surface area contributed by atoms with E-state index in [9.17, 15) is 18.4 Å². The third kappa shape index (κ3) is 3.75. The number of hydrogen-bond acceptors (Lipinski definition) is 5. The molecular weight excluding hydrogens is 432 g/mol. The van der Waals surface area contributed by atoms with E-state index in [2.05, 4.69) is 15.3 Å². The molecule has 2 aromatic carbocycles. The van der Waals surface area contributed by atoms with Crippen molar-refractivity contribution >= 4 is 23.4 Å². The SMILES string of the molecule is O=C1CCCC2=C1C(c1cccc(F)c1)c1c(nc(SCc3ccccc3F)[nH]c1=O)N2. The Kier molecular flexibility index (Phi) is 5.38. The van der Waals surface area contributed by atoms with Gasteiger partial charge in [0.15, 0.2) is 10.9 Å². The summed E-state index contributed by atoms with van der Waals surface area (Å²) in [6.45, 7) is 0. The predicted molar refractivity (Wildman–Crippen MR) is 119 cm³/mol. The largest absolute Gasteiger partial charge is 0.343 e. The summed E-state index contributed by atoms with van der Waals surface area (Å²) in [7, 11) is 0. The van der Waals surface area contributed by atoms with Crippen molar-refractivity contribution in [2.75, 3.05) is 5.32 Å². The Morgan fingerprint density at radius 1 is 1.06 bits per heavy atom. The average Bonchev–Trinajstić information content (AvgIpc) is 2.77. The van der Waals surface area contributed by atoms with Crippen molar-refractivity contribution in [3.05, 3.63) is 98.5 Å². The van der Waals surface area contributed by atoms with Gasteiger partial charge in [0.1, 0.15) is 17.5 Å². The third-order valence-corrected chi connectivity index (χ3v) is 6.66. The Morgan fingerprint density at radius 3 is 2.72 bits per heavy atom. The van der Waals surface area contributed by atoms with Crippen LogP contribution >= 0.6 is 11.8 Å². The molecule has 1 unspecified atom stereocenters. The number of benzene rings is 2. The molecule has 1 aliphatic heterocycles. The molecule has 3 aromatic rings. The van der Waals surface area contributed by atoms with E-state index in [0.29, 0.717) is 58.3 Å². The highest BCUT2D eigenvalue weighted by Crippen LogP contribution is 2.43. The lowest BCUT2D eigenvalue weighted by Crippen LogP contribution is -2.32. The van der Waals surface area contributed by atoms with Crippen LogP contribution < -0.4 is 10.9 Å². The number of fused-ring (bicyclic) bond motifs is 1. The molecule has 1 atom stereocenters. The molecule has 2 N–H and O–H groups in total. The van der Waals surface area contributed by atoms with Crippen molar-refractivity contribution in [3.8, 4) is 0 Å². The highest BCUT2D eigenvalue weighted by molar-refractivity contribution is 7.98. The molecule has 5 rings (SSSR count). The number of nitrogens with one attached hydrogen (secondary N) is 2. The number of ketones is 1. The highest BCUT2D eigenvalue weighted by atomic mass is 32.2. The van der Waals surface area contributed by atoms with Crippen molar-refractivity contribution in [1.29, 1.82) is 0 Å². The maximum absolute atomic E-state index is 14.0. The molecule has 0 fully saturated rings. The third-order valence-electron chi connectivity index (χ3n) is 5.74.